The third-order valence-electron chi connectivity index (χ3n) is 3.89. The monoisotopic (exact) mass is 352 g/mol. The van der Waals surface area contributed by atoms with Crippen molar-refractivity contribution < 1.29 is 16.8 Å². The first-order valence-electron chi connectivity index (χ1n) is 7.11. The molecule has 0 aliphatic carbocycles. The molecule has 0 N–H and O–H groups in total. The predicted octanol–water partition coefficient (Wildman–Crippen LogP) is 1.32. The maximum atomic E-state index is 12.6. The van der Waals surface area contributed by atoms with Crippen LogP contribution in [0.15, 0.2) is 64.6 Å². The normalized spacial score (nSPS) is 19.7. The van der Waals surface area contributed by atoms with Gasteiger partial charge < -0.3 is 0 Å². The van der Waals surface area contributed by atoms with Crippen molar-refractivity contribution in [2.75, 3.05) is 13.1 Å². The lowest BCUT2D eigenvalue weighted by molar-refractivity contribution is 0.476. The summed E-state index contributed by atoms with van der Waals surface area (Å²) in [6.45, 7) is 0.155. The maximum absolute atomic E-state index is 12.6. The molecule has 1 saturated heterocycles. The lowest BCUT2D eigenvalue weighted by Gasteiger charge is -2.16. The highest BCUT2D eigenvalue weighted by atomic mass is 32.2. The second kappa shape index (κ2) is 6.03. The summed E-state index contributed by atoms with van der Waals surface area (Å²) in [5.41, 5.74) is 0. The quantitative estimate of drug-likeness (QED) is 0.828. The van der Waals surface area contributed by atoms with Crippen molar-refractivity contribution >= 4 is 19.9 Å². The first kappa shape index (κ1) is 16.1. The van der Waals surface area contributed by atoms with Crippen molar-refractivity contribution in [1.82, 2.24) is 9.29 Å². The average Bonchev–Trinajstić information content (AvgIpc) is 3.08. The van der Waals surface area contributed by atoms with Crippen LogP contribution in [0.5, 0.6) is 0 Å². The molecular weight excluding hydrogens is 336 g/mol. The highest BCUT2D eigenvalue weighted by molar-refractivity contribution is 7.92. The van der Waals surface area contributed by atoms with E-state index >= 15 is 0 Å². The van der Waals surface area contributed by atoms with E-state index in [1.807, 2.05) is 0 Å². The van der Waals surface area contributed by atoms with Crippen molar-refractivity contribution in [3.05, 3.63) is 54.9 Å². The standard InChI is InChI=1S/C15H16N2O4S2/c18-22(19,13-5-2-1-3-6-13)15-8-10-17(12-15)23(20,21)14-7-4-9-16-11-14/h1-7,9,11,15H,8,10,12H2. The van der Waals surface area contributed by atoms with Gasteiger partial charge in [0.05, 0.1) is 10.1 Å². The maximum Gasteiger partial charge on any atom is 0.244 e. The number of sulfonamides is 1. The Morgan fingerprint density at radius 1 is 0.957 bits per heavy atom. The van der Waals surface area contributed by atoms with Crippen LogP contribution in [0.4, 0.5) is 0 Å². The lowest BCUT2D eigenvalue weighted by atomic mass is 10.4. The number of pyridine rings is 1. The molecule has 2 heterocycles. The highest BCUT2D eigenvalue weighted by Gasteiger charge is 2.39. The summed E-state index contributed by atoms with van der Waals surface area (Å²) < 4.78 is 51.5. The average molecular weight is 352 g/mol. The van der Waals surface area contributed by atoms with Gasteiger partial charge in [-0.3, -0.25) is 4.98 Å². The fourth-order valence-corrected chi connectivity index (χ4v) is 5.89. The number of sulfone groups is 1. The predicted molar refractivity (Wildman–Crippen MR) is 85.0 cm³/mol. The van der Waals surface area contributed by atoms with E-state index in [0.717, 1.165) is 0 Å². The third-order valence-corrected chi connectivity index (χ3v) is 7.93. The Morgan fingerprint density at radius 2 is 1.65 bits per heavy atom. The van der Waals surface area contributed by atoms with Crippen LogP contribution in [0, 0.1) is 0 Å². The summed E-state index contributed by atoms with van der Waals surface area (Å²) in [7, 11) is -7.24. The van der Waals surface area contributed by atoms with Gasteiger partial charge in [-0.15, -0.1) is 0 Å². The fraction of sp³-hybridized carbons (Fsp3) is 0.267. The molecule has 1 aliphatic heterocycles. The van der Waals surface area contributed by atoms with Crippen molar-refractivity contribution in [2.45, 2.75) is 21.5 Å². The van der Waals surface area contributed by atoms with E-state index in [2.05, 4.69) is 4.98 Å². The van der Waals surface area contributed by atoms with E-state index in [0.29, 0.717) is 0 Å². The Kier molecular flexibility index (Phi) is 4.22. The van der Waals surface area contributed by atoms with Gasteiger partial charge >= 0.3 is 0 Å². The molecule has 2 aromatic rings. The molecule has 1 aromatic heterocycles. The van der Waals surface area contributed by atoms with E-state index in [-0.39, 0.29) is 29.3 Å². The van der Waals surface area contributed by atoms with Gasteiger partial charge in [-0.25, -0.2) is 16.8 Å². The number of nitrogens with zero attached hydrogens (tertiary/aromatic N) is 2. The van der Waals surface area contributed by atoms with Crippen LogP contribution in [0.2, 0.25) is 0 Å². The largest absolute Gasteiger partial charge is 0.263 e. The molecule has 1 atom stereocenters. The van der Waals surface area contributed by atoms with Crippen LogP contribution in [-0.2, 0) is 19.9 Å². The van der Waals surface area contributed by atoms with E-state index in [4.69, 9.17) is 0 Å². The van der Waals surface area contributed by atoms with E-state index < -0.39 is 25.1 Å². The first-order valence-corrected chi connectivity index (χ1v) is 10.1. The smallest absolute Gasteiger partial charge is 0.244 e. The van der Waals surface area contributed by atoms with E-state index in [1.54, 1.807) is 24.3 Å². The molecule has 0 saturated carbocycles. The molecule has 1 fully saturated rings. The molecule has 8 heteroatoms. The Morgan fingerprint density at radius 3 is 2.30 bits per heavy atom. The molecule has 122 valence electrons. The van der Waals surface area contributed by atoms with Gasteiger partial charge in [0.1, 0.15) is 4.90 Å². The van der Waals surface area contributed by atoms with Gasteiger partial charge in [-0.2, -0.15) is 4.31 Å². The molecule has 0 bridgehead atoms. The molecule has 1 aliphatic rings. The zero-order chi connectivity index (χ0) is 16.5. The van der Waals surface area contributed by atoms with Crippen molar-refractivity contribution in [3.8, 4) is 0 Å². The van der Waals surface area contributed by atoms with Crippen LogP contribution in [-0.4, -0.2) is 44.5 Å². The zero-order valence-corrected chi connectivity index (χ0v) is 13.9. The van der Waals surface area contributed by atoms with Crippen molar-refractivity contribution in [2.24, 2.45) is 0 Å². The molecule has 23 heavy (non-hydrogen) atoms. The summed E-state index contributed by atoms with van der Waals surface area (Å²) >= 11 is 0. The van der Waals surface area contributed by atoms with Crippen LogP contribution in [0.1, 0.15) is 6.42 Å². The van der Waals surface area contributed by atoms with Crippen molar-refractivity contribution in [3.63, 3.8) is 0 Å². The summed E-state index contributed by atoms with van der Waals surface area (Å²) in [5, 5.41) is -0.726. The molecule has 0 spiro atoms. The Bertz CT molecular complexity index is 806. The minimum Gasteiger partial charge on any atom is -0.263 e. The molecule has 1 aromatic carbocycles. The second-order valence-corrected chi connectivity index (χ2v) is 9.49. The number of hydrogen-bond donors (Lipinski definition) is 0. The van der Waals surface area contributed by atoms with E-state index in [9.17, 15) is 16.8 Å². The van der Waals surface area contributed by atoms with Crippen LogP contribution in [0.25, 0.3) is 0 Å². The Hall–Kier alpha value is -1.77. The molecule has 6 nitrogen and oxygen atoms in total. The zero-order valence-electron chi connectivity index (χ0n) is 12.2. The topological polar surface area (TPSA) is 84.4 Å². The summed E-state index contributed by atoms with van der Waals surface area (Å²) in [6, 6.07) is 11.1. The minimum atomic E-state index is -3.71. The molecular formula is C15H16N2O4S2. The van der Waals surface area contributed by atoms with Gasteiger partial charge in [0, 0.05) is 25.5 Å². The molecule has 0 amide bonds. The number of aromatic nitrogens is 1. The van der Waals surface area contributed by atoms with E-state index in [1.165, 1.54) is 34.9 Å². The fourth-order valence-electron chi connectivity index (χ4n) is 2.62. The lowest BCUT2D eigenvalue weighted by Crippen LogP contribution is -2.32. The molecule has 3 rings (SSSR count). The highest BCUT2D eigenvalue weighted by Crippen LogP contribution is 2.27. The third kappa shape index (κ3) is 3.01. The second-order valence-electron chi connectivity index (χ2n) is 5.32. The van der Waals surface area contributed by atoms with Gasteiger partial charge in [0.25, 0.3) is 0 Å². The van der Waals surface area contributed by atoms with Gasteiger partial charge in [0.2, 0.25) is 10.0 Å². The van der Waals surface area contributed by atoms with Gasteiger partial charge in [-0.1, -0.05) is 18.2 Å². The minimum absolute atomic E-state index is 0.0333. The SMILES string of the molecule is O=S(=O)(c1ccccc1)C1CCN(S(=O)(=O)c2cccnc2)C1. The van der Waals surface area contributed by atoms with Crippen LogP contribution < -0.4 is 0 Å². The molecule has 0 radical (unpaired) electrons. The summed E-state index contributed by atoms with van der Waals surface area (Å²) in [5.74, 6) is 0. The summed E-state index contributed by atoms with van der Waals surface area (Å²) in [6.07, 6.45) is 3.05. The Labute approximate surface area is 135 Å². The van der Waals surface area contributed by atoms with Gasteiger partial charge in [0.15, 0.2) is 9.84 Å². The number of rotatable bonds is 4. The van der Waals surface area contributed by atoms with Gasteiger partial charge in [-0.05, 0) is 30.7 Å². The van der Waals surface area contributed by atoms with Crippen molar-refractivity contribution in [1.29, 1.82) is 0 Å². The van der Waals surface area contributed by atoms with Crippen LogP contribution >= 0.6 is 0 Å². The summed E-state index contributed by atoms with van der Waals surface area (Å²) in [4.78, 5) is 4.12. The number of hydrogen-bond acceptors (Lipinski definition) is 5. The van der Waals surface area contributed by atoms with Crippen LogP contribution in [0.3, 0.4) is 0 Å². The Balaban J connectivity index is 1.85. The first-order chi connectivity index (χ1) is 10.9. The number of benzene rings is 1. The molecule has 1 unspecified atom stereocenters.